The predicted octanol–water partition coefficient (Wildman–Crippen LogP) is 2.22. The SMILES string of the molecule is Cn1nc(-c2ccc(C#N)cc2)sc1=N[C@@H]1CCCC[C@H]1O. The third-order valence-corrected chi connectivity index (χ3v) is 5.00. The van der Waals surface area contributed by atoms with Gasteiger partial charge >= 0.3 is 0 Å². The van der Waals surface area contributed by atoms with E-state index in [0.29, 0.717) is 5.56 Å². The molecule has 6 heteroatoms. The van der Waals surface area contributed by atoms with E-state index in [9.17, 15) is 5.11 Å². The molecule has 0 amide bonds. The van der Waals surface area contributed by atoms with Crippen LogP contribution in [0, 0.1) is 11.3 Å². The first-order chi connectivity index (χ1) is 10.7. The van der Waals surface area contributed by atoms with E-state index < -0.39 is 0 Å². The summed E-state index contributed by atoms with van der Waals surface area (Å²) in [6.45, 7) is 0. The van der Waals surface area contributed by atoms with Crippen LogP contribution in [-0.4, -0.2) is 27.0 Å². The minimum Gasteiger partial charge on any atom is -0.391 e. The summed E-state index contributed by atoms with van der Waals surface area (Å²) in [6, 6.07) is 9.47. The molecule has 1 aliphatic rings. The van der Waals surface area contributed by atoms with Gasteiger partial charge in [0, 0.05) is 12.6 Å². The standard InChI is InChI=1S/C16H18N4OS/c1-20-16(18-13-4-2-3-5-14(13)21)22-15(19-20)12-8-6-11(10-17)7-9-12/h6-9,13-14,21H,2-5H2,1H3/t13-,14-/m1/s1. The van der Waals surface area contributed by atoms with Crippen LogP contribution in [-0.2, 0) is 7.05 Å². The van der Waals surface area contributed by atoms with Gasteiger partial charge in [-0.25, -0.2) is 4.68 Å². The highest BCUT2D eigenvalue weighted by atomic mass is 32.1. The Labute approximate surface area is 133 Å². The molecule has 1 aliphatic carbocycles. The smallest absolute Gasteiger partial charge is 0.203 e. The zero-order valence-corrected chi connectivity index (χ0v) is 13.3. The maximum absolute atomic E-state index is 10.1. The Balaban J connectivity index is 1.91. The van der Waals surface area contributed by atoms with Crippen molar-refractivity contribution in [3.05, 3.63) is 34.6 Å². The number of benzene rings is 1. The molecule has 1 aromatic carbocycles. The zero-order chi connectivity index (χ0) is 15.5. The number of rotatable bonds is 2. The fraction of sp³-hybridized carbons (Fsp3) is 0.438. The van der Waals surface area contributed by atoms with Gasteiger partial charge in [0.2, 0.25) is 4.80 Å². The number of aliphatic hydroxyl groups excluding tert-OH is 1. The average Bonchev–Trinajstić information content (AvgIpc) is 2.91. The van der Waals surface area contributed by atoms with E-state index in [2.05, 4.69) is 11.2 Å². The van der Waals surface area contributed by atoms with Crippen molar-refractivity contribution in [3.8, 4) is 16.6 Å². The third-order valence-electron chi connectivity index (χ3n) is 3.94. The second-order valence-corrected chi connectivity index (χ2v) is 6.51. The summed E-state index contributed by atoms with van der Waals surface area (Å²) < 4.78 is 1.76. The Morgan fingerprint density at radius 1 is 1.32 bits per heavy atom. The largest absolute Gasteiger partial charge is 0.391 e. The van der Waals surface area contributed by atoms with Crippen molar-refractivity contribution in [3.63, 3.8) is 0 Å². The minimum absolute atomic E-state index is 0.0192. The van der Waals surface area contributed by atoms with Gasteiger partial charge in [0.15, 0.2) is 0 Å². The number of nitriles is 1. The topological polar surface area (TPSA) is 74.2 Å². The molecular formula is C16H18N4OS. The number of nitrogens with zero attached hydrogens (tertiary/aromatic N) is 4. The van der Waals surface area contributed by atoms with E-state index in [4.69, 9.17) is 10.3 Å². The Bertz CT molecular complexity index is 754. The summed E-state index contributed by atoms with van der Waals surface area (Å²) in [7, 11) is 1.87. The summed E-state index contributed by atoms with van der Waals surface area (Å²) >= 11 is 1.51. The summed E-state index contributed by atoms with van der Waals surface area (Å²) in [4.78, 5) is 5.52. The molecule has 0 aliphatic heterocycles. The molecule has 1 heterocycles. The summed E-state index contributed by atoms with van der Waals surface area (Å²) in [6.07, 6.45) is 3.63. The number of aliphatic hydroxyl groups is 1. The third kappa shape index (κ3) is 3.11. The number of hydrogen-bond donors (Lipinski definition) is 1. The molecule has 3 rings (SSSR count). The Kier molecular flexibility index (Phi) is 4.36. The molecule has 2 atom stereocenters. The van der Waals surface area contributed by atoms with Gasteiger partial charge in [-0.3, -0.25) is 4.99 Å². The van der Waals surface area contributed by atoms with Crippen LogP contribution in [0.15, 0.2) is 29.3 Å². The number of hydrogen-bond acceptors (Lipinski definition) is 5. The van der Waals surface area contributed by atoms with E-state index in [1.54, 1.807) is 16.8 Å². The molecule has 114 valence electrons. The van der Waals surface area contributed by atoms with Gasteiger partial charge < -0.3 is 5.11 Å². The highest BCUT2D eigenvalue weighted by Gasteiger charge is 2.22. The minimum atomic E-state index is -0.339. The van der Waals surface area contributed by atoms with Crippen LogP contribution >= 0.6 is 11.3 Å². The summed E-state index contributed by atoms with van der Waals surface area (Å²) in [5.74, 6) is 0. The van der Waals surface area contributed by atoms with Crippen molar-refractivity contribution >= 4 is 11.3 Å². The van der Waals surface area contributed by atoms with Crippen LogP contribution in [0.25, 0.3) is 10.6 Å². The van der Waals surface area contributed by atoms with E-state index in [0.717, 1.165) is 41.1 Å². The van der Waals surface area contributed by atoms with Crippen LogP contribution in [0.1, 0.15) is 31.2 Å². The van der Waals surface area contributed by atoms with Gasteiger partial charge in [0.05, 0.1) is 23.8 Å². The molecule has 0 unspecified atom stereocenters. The first kappa shape index (κ1) is 14.9. The van der Waals surface area contributed by atoms with Crippen molar-refractivity contribution in [2.75, 3.05) is 0 Å². The van der Waals surface area contributed by atoms with E-state index in [1.165, 1.54) is 11.3 Å². The summed E-state index contributed by atoms with van der Waals surface area (Å²) in [5, 5.41) is 24.3. The lowest BCUT2D eigenvalue weighted by atomic mass is 9.93. The van der Waals surface area contributed by atoms with Gasteiger partial charge in [0.25, 0.3) is 0 Å². The van der Waals surface area contributed by atoms with E-state index in [-0.39, 0.29) is 12.1 Å². The molecule has 1 N–H and O–H groups in total. The Morgan fingerprint density at radius 2 is 2.05 bits per heavy atom. The van der Waals surface area contributed by atoms with Crippen molar-refractivity contribution in [1.29, 1.82) is 5.26 Å². The Hall–Kier alpha value is -1.97. The summed E-state index contributed by atoms with van der Waals surface area (Å²) in [5.41, 5.74) is 1.62. The first-order valence-electron chi connectivity index (χ1n) is 7.44. The first-order valence-corrected chi connectivity index (χ1v) is 8.25. The molecule has 5 nitrogen and oxygen atoms in total. The molecule has 0 bridgehead atoms. The molecule has 2 aromatic rings. The van der Waals surface area contributed by atoms with Crippen LogP contribution in [0.5, 0.6) is 0 Å². The normalized spacial score (nSPS) is 22.5. The molecule has 0 radical (unpaired) electrons. The van der Waals surface area contributed by atoms with Crippen LogP contribution < -0.4 is 4.80 Å². The molecule has 1 saturated carbocycles. The zero-order valence-electron chi connectivity index (χ0n) is 12.4. The maximum Gasteiger partial charge on any atom is 0.203 e. The Morgan fingerprint density at radius 3 is 2.73 bits per heavy atom. The lowest BCUT2D eigenvalue weighted by molar-refractivity contribution is 0.107. The highest BCUT2D eigenvalue weighted by Crippen LogP contribution is 2.22. The lowest BCUT2D eigenvalue weighted by Crippen LogP contribution is -2.30. The number of aromatic nitrogens is 2. The van der Waals surface area contributed by atoms with Gasteiger partial charge in [-0.1, -0.05) is 36.3 Å². The molecule has 1 fully saturated rings. The van der Waals surface area contributed by atoms with Gasteiger partial charge in [0.1, 0.15) is 5.01 Å². The number of aryl methyl sites for hydroxylation is 1. The molecule has 0 saturated heterocycles. The van der Waals surface area contributed by atoms with Crippen molar-refractivity contribution in [2.24, 2.45) is 12.0 Å². The van der Waals surface area contributed by atoms with Gasteiger partial charge in [-0.15, -0.1) is 0 Å². The van der Waals surface area contributed by atoms with Crippen LogP contribution in [0.4, 0.5) is 0 Å². The van der Waals surface area contributed by atoms with Crippen molar-refractivity contribution in [2.45, 2.75) is 37.8 Å². The predicted molar refractivity (Wildman–Crippen MR) is 85.1 cm³/mol. The van der Waals surface area contributed by atoms with Crippen molar-refractivity contribution in [1.82, 2.24) is 9.78 Å². The van der Waals surface area contributed by atoms with E-state index >= 15 is 0 Å². The van der Waals surface area contributed by atoms with Gasteiger partial charge in [-0.2, -0.15) is 10.4 Å². The monoisotopic (exact) mass is 314 g/mol. The van der Waals surface area contributed by atoms with Crippen molar-refractivity contribution < 1.29 is 5.11 Å². The highest BCUT2D eigenvalue weighted by molar-refractivity contribution is 7.12. The second-order valence-electron chi connectivity index (χ2n) is 5.55. The fourth-order valence-electron chi connectivity index (χ4n) is 2.65. The molecular weight excluding hydrogens is 296 g/mol. The van der Waals surface area contributed by atoms with E-state index in [1.807, 2.05) is 19.2 Å². The lowest BCUT2D eigenvalue weighted by Gasteiger charge is -2.23. The van der Waals surface area contributed by atoms with Gasteiger partial charge in [-0.05, 0) is 25.0 Å². The van der Waals surface area contributed by atoms with Crippen LogP contribution in [0.2, 0.25) is 0 Å². The quantitative estimate of drug-likeness (QED) is 0.923. The molecule has 1 aromatic heterocycles. The maximum atomic E-state index is 10.1. The molecule has 0 spiro atoms. The average molecular weight is 314 g/mol. The molecule has 22 heavy (non-hydrogen) atoms. The fourth-order valence-corrected chi connectivity index (χ4v) is 3.60. The van der Waals surface area contributed by atoms with Crippen LogP contribution in [0.3, 0.4) is 0 Å². The second kappa shape index (κ2) is 6.42.